The quantitative estimate of drug-likeness (QED) is 0.712. The zero-order valence-corrected chi connectivity index (χ0v) is 15.4. The molecule has 3 nitrogen and oxygen atoms in total. The van der Waals surface area contributed by atoms with Gasteiger partial charge in [0.2, 0.25) is 0 Å². The Hall–Kier alpha value is -0.120. The highest BCUT2D eigenvalue weighted by molar-refractivity contribution is 4.79. The molecule has 0 N–H and O–H groups in total. The molecule has 1 saturated carbocycles. The monoisotopic (exact) mass is 310 g/mol. The minimum atomic E-state index is 0.549. The molecule has 0 spiro atoms. The Labute approximate surface area is 138 Å². The fraction of sp³-hybridized carbons (Fsp3) is 1.00. The van der Waals surface area contributed by atoms with Crippen LogP contribution >= 0.6 is 0 Å². The van der Waals surface area contributed by atoms with Gasteiger partial charge in [-0.2, -0.15) is 0 Å². The molecule has 1 heterocycles. The highest BCUT2D eigenvalue weighted by Gasteiger charge is 2.23. The summed E-state index contributed by atoms with van der Waals surface area (Å²) in [5, 5.41) is 0. The zero-order valence-electron chi connectivity index (χ0n) is 15.4. The average Bonchev–Trinajstić information content (AvgIpc) is 2.55. The van der Waals surface area contributed by atoms with Crippen LogP contribution in [0.15, 0.2) is 0 Å². The van der Waals surface area contributed by atoms with Gasteiger partial charge in [0, 0.05) is 45.4 Å². The van der Waals surface area contributed by atoms with E-state index in [2.05, 4.69) is 30.6 Å². The van der Waals surface area contributed by atoms with Gasteiger partial charge >= 0.3 is 0 Å². The Morgan fingerprint density at radius 3 is 2.05 bits per heavy atom. The van der Waals surface area contributed by atoms with E-state index in [1.807, 2.05) is 7.11 Å². The lowest BCUT2D eigenvalue weighted by Crippen LogP contribution is -2.51. The van der Waals surface area contributed by atoms with Crippen LogP contribution in [0.1, 0.15) is 65.7 Å². The van der Waals surface area contributed by atoms with Crippen LogP contribution in [0.25, 0.3) is 0 Å². The summed E-state index contributed by atoms with van der Waals surface area (Å²) >= 11 is 0. The molecule has 1 atom stereocenters. The van der Waals surface area contributed by atoms with Gasteiger partial charge in [-0.1, -0.05) is 12.8 Å². The van der Waals surface area contributed by atoms with Crippen LogP contribution in [-0.4, -0.2) is 61.3 Å². The molecule has 1 aliphatic heterocycles. The van der Waals surface area contributed by atoms with Gasteiger partial charge in [-0.25, -0.2) is 0 Å². The molecule has 0 unspecified atom stereocenters. The highest BCUT2D eigenvalue weighted by atomic mass is 16.5. The second-order valence-corrected chi connectivity index (χ2v) is 7.82. The molecule has 1 aliphatic carbocycles. The van der Waals surface area contributed by atoms with E-state index >= 15 is 0 Å². The maximum atomic E-state index is 5.48. The average molecular weight is 311 g/mol. The van der Waals surface area contributed by atoms with Gasteiger partial charge in [-0.3, -0.25) is 9.80 Å². The smallest absolute Gasteiger partial charge is 0.0571 e. The lowest BCUT2D eigenvalue weighted by Gasteiger charge is -2.40. The highest BCUT2D eigenvalue weighted by Crippen LogP contribution is 2.29. The van der Waals surface area contributed by atoms with Crippen LogP contribution < -0.4 is 0 Å². The van der Waals surface area contributed by atoms with Gasteiger partial charge in [0.25, 0.3) is 0 Å². The van der Waals surface area contributed by atoms with E-state index in [1.165, 1.54) is 71.1 Å². The molecule has 2 fully saturated rings. The number of piperazine rings is 1. The summed E-state index contributed by atoms with van der Waals surface area (Å²) in [6.07, 6.45) is 10.1. The Bertz CT molecular complexity index is 292. The third-order valence-electron chi connectivity index (χ3n) is 6.06. The molecule has 0 aromatic rings. The van der Waals surface area contributed by atoms with Crippen LogP contribution in [0.5, 0.6) is 0 Å². The van der Waals surface area contributed by atoms with E-state index in [4.69, 9.17) is 4.74 Å². The Morgan fingerprint density at radius 2 is 1.50 bits per heavy atom. The summed E-state index contributed by atoms with van der Waals surface area (Å²) in [6, 6.07) is 1.48. The normalized spacial score (nSPS) is 29.9. The molecule has 3 heteroatoms. The molecule has 0 aromatic carbocycles. The minimum Gasteiger partial charge on any atom is -0.381 e. The van der Waals surface area contributed by atoms with Crippen molar-refractivity contribution in [3.05, 3.63) is 0 Å². The van der Waals surface area contributed by atoms with Gasteiger partial charge in [0.15, 0.2) is 0 Å². The largest absolute Gasteiger partial charge is 0.381 e. The Kier molecular flexibility index (Phi) is 7.66. The van der Waals surface area contributed by atoms with Gasteiger partial charge < -0.3 is 4.74 Å². The van der Waals surface area contributed by atoms with Gasteiger partial charge in [-0.05, 0) is 58.8 Å². The van der Waals surface area contributed by atoms with Crippen molar-refractivity contribution in [2.24, 2.45) is 5.92 Å². The second-order valence-electron chi connectivity index (χ2n) is 7.82. The number of ether oxygens (including phenoxy) is 1. The third kappa shape index (κ3) is 5.50. The van der Waals surface area contributed by atoms with Crippen molar-refractivity contribution >= 4 is 0 Å². The van der Waals surface area contributed by atoms with E-state index in [9.17, 15) is 0 Å². The molecule has 130 valence electrons. The van der Waals surface area contributed by atoms with Crippen LogP contribution in [0.2, 0.25) is 0 Å². The van der Waals surface area contributed by atoms with E-state index in [-0.39, 0.29) is 0 Å². The summed E-state index contributed by atoms with van der Waals surface area (Å²) in [6.45, 7) is 12.1. The molecule has 0 amide bonds. The first-order chi connectivity index (χ1) is 10.6. The number of nitrogens with zero attached hydrogens (tertiary/aromatic N) is 2. The molecule has 0 radical (unpaired) electrons. The molecular weight excluding hydrogens is 272 g/mol. The second kappa shape index (κ2) is 9.24. The van der Waals surface area contributed by atoms with Crippen molar-refractivity contribution in [1.29, 1.82) is 0 Å². The molecule has 2 rings (SSSR count). The Morgan fingerprint density at radius 1 is 0.909 bits per heavy atom. The fourth-order valence-corrected chi connectivity index (χ4v) is 4.24. The molecule has 22 heavy (non-hydrogen) atoms. The van der Waals surface area contributed by atoms with Crippen molar-refractivity contribution in [3.63, 3.8) is 0 Å². The topological polar surface area (TPSA) is 15.7 Å². The Balaban J connectivity index is 1.57. The molecule has 2 aliphatic rings. The van der Waals surface area contributed by atoms with Crippen LogP contribution in [-0.2, 0) is 4.74 Å². The van der Waals surface area contributed by atoms with E-state index in [0.29, 0.717) is 12.1 Å². The fourth-order valence-electron chi connectivity index (χ4n) is 4.24. The number of rotatable bonds is 7. The van der Waals surface area contributed by atoms with Gasteiger partial charge in [0.1, 0.15) is 0 Å². The minimum absolute atomic E-state index is 0.549. The third-order valence-corrected chi connectivity index (χ3v) is 6.06. The lowest BCUT2D eigenvalue weighted by molar-refractivity contribution is 0.0538. The van der Waals surface area contributed by atoms with Crippen molar-refractivity contribution < 1.29 is 4.74 Å². The van der Waals surface area contributed by atoms with Crippen molar-refractivity contribution in [1.82, 2.24) is 9.80 Å². The number of methoxy groups -OCH3 is 1. The van der Waals surface area contributed by atoms with Crippen LogP contribution in [0, 0.1) is 5.92 Å². The number of hydrogen-bond donors (Lipinski definition) is 0. The first kappa shape index (κ1) is 18.2. The molecule has 1 saturated heterocycles. The zero-order chi connectivity index (χ0) is 15.9. The van der Waals surface area contributed by atoms with Crippen molar-refractivity contribution in [2.75, 3.05) is 33.3 Å². The standard InChI is InChI=1S/C19H38N2O/c1-16(2)20-12-14-21(15-13-20)17(3)6-5-7-18-8-10-19(22-4)11-9-18/h16-19H,5-15H2,1-4H3/t17-,18-,19-/m1/s1. The summed E-state index contributed by atoms with van der Waals surface area (Å²) in [7, 11) is 1.87. The van der Waals surface area contributed by atoms with Gasteiger partial charge in [0.05, 0.1) is 6.10 Å². The van der Waals surface area contributed by atoms with Crippen molar-refractivity contribution in [3.8, 4) is 0 Å². The first-order valence-electron chi connectivity index (χ1n) is 9.61. The maximum Gasteiger partial charge on any atom is 0.0571 e. The molecule has 0 bridgehead atoms. The summed E-state index contributed by atoms with van der Waals surface area (Å²) < 4.78 is 5.48. The maximum absolute atomic E-state index is 5.48. The van der Waals surface area contributed by atoms with Gasteiger partial charge in [-0.15, -0.1) is 0 Å². The predicted octanol–water partition coefficient (Wildman–Crippen LogP) is 3.78. The van der Waals surface area contributed by atoms with E-state index in [1.54, 1.807) is 0 Å². The van der Waals surface area contributed by atoms with Crippen LogP contribution in [0.4, 0.5) is 0 Å². The van der Waals surface area contributed by atoms with Crippen molar-refractivity contribution in [2.45, 2.75) is 83.9 Å². The lowest BCUT2D eigenvalue weighted by atomic mass is 9.84. The summed E-state index contributed by atoms with van der Waals surface area (Å²) in [5.74, 6) is 0.969. The SMILES string of the molecule is CO[C@H]1CC[C@H](CCC[C@@H](C)N2CCN(C(C)C)CC2)CC1. The first-order valence-corrected chi connectivity index (χ1v) is 9.61. The van der Waals surface area contributed by atoms with Crippen LogP contribution in [0.3, 0.4) is 0 Å². The van der Waals surface area contributed by atoms with E-state index < -0.39 is 0 Å². The predicted molar refractivity (Wildman–Crippen MR) is 94.4 cm³/mol. The molecular formula is C19H38N2O. The summed E-state index contributed by atoms with van der Waals surface area (Å²) in [5.41, 5.74) is 0. The van der Waals surface area contributed by atoms with E-state index in [0.717, 1.165) is 12.0 Å². The summed E-state index contributed by atoms with van der Waals surface area (Å²) in [4.78, 5) is 5.32. The number of hydrogen-bond acceptors (Lipinski definition) is 3. The molecule has 0 aromatic heterocycles.